The molecule has 0 atom stereocenters. The van der Waals surface area contributed by atoms with Gasteiger partial charge in [-0.05, 0) is 6.92 Å². The van der Waals surface area contributed by atoms with Crippen LogP contribution in [0.1, 0.15) is 11.4 Å². The van der Waals surface area contributed by atoms with Crippen LogP contribution in [0.15, 0.2) is 24.8 Å². The molecule has 0 amide bonds. The van der Waals surface area contributed by atoms with Crippen LogP contribution < -0.4 is 5.32 Å². The van der Waals surface area contributed by atoms with Crippen LogP contribution in [-0.4, -0.2) is 19.7 Å². The van der Waals surface area contributed by atoms with Crippen molar-refractivity contribution in [3.63, 3.8) is 0 Å². The minimum absolute atomic E-state index is 0.667. The van der Waals surface area contributed by atoms with E-state index < -0.39 is 0 Å². The van der Waals surface area contributed by atoms with Crippen molar-refractivity contribution in [1.29, 1.82) is 0 Å². The number of anilines is 1. The largest absolute Gasteiger partial charge is 0.377 e. The molecule has 0 bridgehead atoms. The molecule has 1 N–H and O–H groups in total. The van der Waals surface area contributed by atoms with E-state index in [1.807, 2.05) is 20.2 Å². The SMILES string of the molecule is Cc1nn(C)cc1NCc1cnccn1. The van der Waals surface area contributed by atoms with E-state index in [1.165, 1.54) is 0 Å². The zero-order valence-electron chi connectivity index (χ0n) is 8.81. The van der Waals surface area contributed by atoms with E-state index in [9.17, 15) is 0 Å². The molecule has 15 heavy (non-hydrogen) atoms. The molecule has 0 aliphatic carbocycles. The van der Waals surface area contributed by atoms with Crippen LogP contribution in [0, 0.1) is 6.92 Å². The first-order valence-electron chi connectivity index (χ1n) is 4.75. The topological polar surface area (TPSA) is 55.6 Å². The highest BCUT2D eigenvalue weighted by molar-refractivity contribution is 5.45. The van der Waals surface area contributed by atoms with E-state index >= 15 is 0 Å². The number of hydrogen-bond donors (Lipinski definition) is 1. The zero-order valence-corrected chi connectivity index (χ0v) is 8.81. The van der Waals surface area contributed by atoms with E-state index in [0.717, 1.165) is 17.1 Å². The molecule has 2 rings (SSSR count). The molecule has 2 heterocycles. The van der Waals surface area contributed by atoms with Crippen molar-refractivity contribution in [1.82, 2.24) is 19.7 Å². The fourth-order valence-corrected chi connectivity index (χ4v) is 1.38. The Morgan fingerprint density at radius 1 is 1.40 bits per heavy atom. The maximum Gasteiger partial charge on any atom is 0.0825 e. The van der Waals surface area contributed by atoms with Gasteiger partial charge in [0.05, 0.1) is 29.8 Å². The Bertz CT molecular complexity index is 434. The van der Waals surface area contributed by atoms with Crippen LogP contribution in [0.3, 0.4) is 0 Å². The molecule has 0 aliphatic heterocycles. The number of nitrogens with zero attached hydrogens (tertiary/aromatic N) is 4. The number of aryl methyl sites for hydroxylation is 2. The molecule has 78 valence electrons. The standard InChI is InChI=1S/C10H13N5/c1-8-10(7-15(2)14-8)13-6-9-5-11-3-4-12-9/h3-5,7,13H,6H2,1-2H3. The first kappa shape index (κ1) is 9.64. The Labute approximate surface area is 88.2 Å². The van der Waals surface area contributed by atoms with Crippen molar-refractivity contribution in [2.45, 2.75) is 13.5 Å². The summed E-state index contributed by atoms with van der Waals surface area (Å²) in [4.78, 5) is 8.18. The molecule has 2 aromatic rings. The summed E-state index contributed by atoms with van der Waals surface area (Å²) in [5.41, 5.74) is 2.94. The summed E-state index contributed by atoms with van der Waals surface area (Å²) in [6.07, 6.45) is 7.05. The lowest BCUT2D eigenvalue weighted by Crippen LogP contribution is -2.01. The molecule has 0 spiro atoms. The van der Waals surface area contributed by atoms with Gasteiger partial charge in [-0.2, -0.15) is 5.10 Å². The van der Waals surface area contributed by atoms with Gasteiger partial charge >= 0.3 is 0 Å². The van der Waals surface area contributed by atoms with Crippen molar-refractivity contribution < 1.29 is 0 Å². The van der Waals surface area contributed by atoms with Crippen LogP contribution in [0.2, 0.25) is 0 Å². The second-order valence-electron chi connectivity index (χ2n) is 3.35. The fraction of sp³-hybridized carbons (Fsp3) is 0.300. The van der Waals surface area contributed by atoms with Crippen LogP contribution in [0.25, 0.3) is 0 Å². The third kappa shape index (κ3) is 2.31. The highest BCUT2D eigenvalue weighted by Gasteiger charge is 2.02. The molecule has 0 unspecified atom stereocenters. The number of rotatable bonds is 3. The molecular weight excluding hydrogens is 190 g/mol. The Hall–Kier alpha value is -1.91. The molecule has 0 fully saturated rings. The lowest BCUT2D eigenvalue weighted by atomic mass is 10.3. The monoisotopic (exact) mass is 203 g/mol. The van der Waals surface area contributed by atoms with Gasteiger partial charge in [0.2, 0.25) is 0 Å². The summed E-state index contributed by atoms with van der Waals surface area (Å²) in [7, 11) is 1.90. The van der Waals surface area contributed by atoms with Crippen molar-refractivity contribution in [3.8, 4) is 0 Å². The number of nitrogens with one attached hydrogen (secondary N) is 1. The minimum atomic E-state index is 0.667. The van der Waals surface area contributed by atoms with E-state index in [-0.39, 0.29) is 0 Å². The Morgan fingerprint density at radius 2 is 2.27 bits per heavy atom. The van der Waals surface area contributed by atoms with Crippen molar-refractivity contribution in [2.24, 2.45) is 7.05 Å². The predicted molar refractivity (Wildman–Crippen MR) is 57.3 cm³/mol. The highest BCUT2D eigenvalue weighted by atomic mass is 15.3. The fourth-order valence-electron chi connectivity index (χ4n) is 1.38. The molecule has 2 aromatic heterocycles. The van der Waals surface area contributed by atoms with Crippen molar-refractivity contribution in [2.75, 3.05) is 5.32 Å². The van der Waals surface area contributed by atoms with E-state index in [4.69, 9.17) is 0 Å². The summed E-state index contributed by atoms with van der Waals surface area (Å²) in [5.74, 6) is 0. The smallest absolute Gasteiger partial charge is 0.0825 e. The Kier molecular flexibility index (Phi) is 2.62. The van der Waals surface area contributed by atoms with Gasteiger partial charge in [0.25, 0.3) is 0 Å². The van der Waals surface area contributed by atoms with Crippen LogP contribution in [0.5, 0.6) is 0 Å². The lowest BCUT2D eigenvalue weighted by molar-refractivity contribution is 0.756. The number of aromatic nitrogens is 4. The lowest BCUT2D eigenvalue weighted by Gasteiger charge is -2.02. The van der Waals surface area contributed by atoms with Crippen LogP contribution in [-0.2, 0) is 13.6 Å². The van der Waals surface area contributed by atoms with Gasteiger partial charge < -0.3 is 5.32 Å². The second-order valence-corrected chi connectivity index (χ2v) is 3.35. The predicted octanol–water partition coefficient (Wildman–Crippen LogP) is 1.13. The number of hydrogen-bond acceptors (Lipinski definition) is 4. The third-order valence-corrected chi connectivity index (χ3v) is 2.09. The molecule has 5 heteroatoms. The molecular formula is C10H13N5. The minimum Gasteiger partial charge on any atom is -0.377 e. The van der Waals surface area contributed by atoms with Gasteiger partial charge in [0.15, 0.2) is 0 Å². The van der Waals surface area contributed by atoms with Gasteiger partial charge in [-0.15, -0.1) is 0 Å². The second kappa shape index (κ2) is 4.08. The highest BCUT2D eigenvalue weighted by Crippen LogP contribution is 2.11. The summed E-state index contributed by atoms with van der Waals surface area (Å²) < 4.78 is 1.79. The molecule has 0 saturated carbocycles. The van der Waals surface area contributed by atoms with E-state index in [2.05, 4.69) is 20.4 Å². The van der Waals surface area contributed by atoms with Gasteiger partial charge in [-0.1, -0.05) is 0 Å². The quantitative estimate of drug-likeness (QED) is 0.812. The van der Waals surface area contributed by atoms with Crippen molar-refractivity contribution >= 4 is 5.69 Å². The summed E-state index contributed by atoms with van der Waals surface area (Å²) in [6.45, 7) is 2.64. The van der Waals surface area contributed by atoms with Gasteiger partial charge in [0, 0.05) is 25.6 Å². The summed E-state index contributed by atoms with van der Waals surface area (Å²) in [5, 5.41) is 7.51. The Morgan fingerprint density at radius 3 is 2.87 bits per heavy atom. The van der Waals surface area contributed by atoms with E-state index in [0.29, 0.717) is 6.54 Å². The van der Waals surface area contributed by atoms with Crippen molar-refractivity contribution in [3.05, 3.63) is 36.2 Å². The maximum atomic E-state index is 4.24. The summed E-state index contributed by atoms with van der Waals surface area (Å²) >= 11 is 0. The normalized spacial score (nSPS) is 10.3. The Balaban J connectivity index is 2.02. The van der Waals surface area contributed by atoms with Crippen LogP contribution in [0.4, 0.5) is 5.69 Å². The van der Waals surface area contributed by atoms with Crippen LogP contribution >= 0.6 is 0 Å². The first-order chi connectivity index (χ1) is 7.25. The molecule has 0 radical (unpaired) electrons. The average molecular weight is 203 g/mol. The van der Waals surface area contributed by atoms with E-state index in [1.54, 1.807) is 23.3 Å². The molecule has 0 aromatic carbocycles. The molecule has 0 aliphatic rings. The first-order valence-corrected chi connectivity index (χ1v) is 4.75. The van der Waals surface area contributed by atoms with Gasteiger partial charge in [0.1, 0.15) is 0 Å². The summed E-state index contributed by atoms with van der Waals surface area (Å²) in [6, 6.07) is 0. The molecule has 5 nitrogen and oxygen atoms in total. The maximum absolute atomic E-state index is 4.24. The van der Waals surface area contributed by atoms with Gasteiger partial charge in [-0.25, -0.2) is 0 Å². The zero-order chi connectivity index (χ0) is 10.7. The molecule has 0 saturated heterocycles. The van der Waals surface area contributed by atoms with Gasteiger partial charge in [-0.3, -0.25) is 14.6 Å². The average Bonchev–Trinajstić information content (AvgIpc) is 2.56. The third-order valence-electron chi connectivity index (χ3n) is 2.09.